The molecule has 23 heavy (non-hydrogen) atoms. The lowest BCUT2D eigenvalue weighted by Gasteiger charge is -2.07. The van der Waals surface area contributed by atoms with Crippen molar-refractivity contribution in [3.8, 4) is 5.75 Å². The molecule has 2 aromatic rings. The fourth-order valence-electron chi connectivity index (χ4n) is 1.92. The number of nitrogens with zero attached hydrogens (tertiary/aromatic N) is 1. The minimum atomic E-state index is -1.11. The van der Waals surface area contributed by atoms with Crippen molar-refractivity contribution in [3.05, 3.63) is 64.1 Å². The predicted octanol–water partition coefficient (Wildman–Crippen LogP) is 3.66. The third kappa shape index (κ3) is 5.10. The Morgan fingerprint density at radius 1 is 1.17 bits per heavy atom. The first-order valence-electron chi connectivity index (χ1n) is 6.88. The van der Waals surface area contributed by atoms with Gasteiger partial charge in [0.15, 0.2) is 5.71 Å². The van der Waals surface area contributed by atoms with Crippen molar-refractivity contribution in [2.24, 2.45) is 5.16 Å². The summed E-state index contributed by atoms with van der Waals surface area (Å²) < 4.78 is 5.91. The summed E-state index contributed by atoms with van der Waals surface area (Å²) >= 11 is 3.37. The van der Waals surface area contributed by atoms with E-state index in [1.54, 1.807) is 25.3 Å². The standard InChI is InChI=1S/C17H16BrNO4/c1-22-16-8-7-13(9-14(16)18)10-15(17(20)21)19-23-11-12-5-3-2-4-6-12/h2-9H,10-11H2,1H3,(H,20,21)/b19-15+. The van der Waals surface area contributed by atoms with E-state index in [1.165, 1.54) is 0 Å². The van der Waals surface area contributed by atoms with Crippen molar-refractivity contribution in [1.82, 2.24) is 0 Å². The van der Waals surface area contributed by atoms with E-state index in [0.717, 1.165) is 15.6 Å². The Balaban J connectivity index is 2.05. The van der Waals surface area contributed by atoms with Gasteiger partial charge in [0.2, 0.25) is 0 Å². The van der Waals surface area contributed by atoms with Crippen molar-refractivity contribution in [1.29, 1.82) is 0 Å². The summed E-state index contributed by atoms with van der Waals surface area (Å²) in [4.78, 5) is 16.5. The minimum absolute atomic E-state index is 0.0574. The van der Waals surface area contributed by atoms with Crippen molar-refractivity contribution in [2.75, 3.05) is 7.11 Å². The second kappa shape index (κ2) is 8.33. The van der Waals surface area contributed by atoms with Crippen LogP contribution in [0.25, 0.3) is 0 Å². The van der Waals surface area contributed by atoms with Crippen LogP contribution in [-0.4, -0.2) is 23.9 Å². The fourth-order valence-corrected chi connectivity index (χ4v) is 2.51. The molecule has 1 N–H and O–H groups in total. The van der Waals surface area contributed by atoms with E-state index in [-0.39, 0.29) is 18.7 Å². The molecule has 0 aromatic heterocycles. The van der Waals surface area contributed by atoms with Gasteiger partial charge in [-0.25, -0.2) is 4.79 Å². The molecular weight excluding hydrogens is 362 g/mol. The molecule has 0 saturated heterocycles. The molecule has 5 nitrogen and oxygen atoms in total. The van der Waals surface area contributed by atoms with E-state index < -0.39 is 5.97 Å². The molecule has 0 aliphatic rings. The minimum Gasteiger partial charge on any atom is -0.496 e. The van der Waals surface area contributed by atoms with Gasteiger partial charge >= 0.3 is 5.97 Å². The van der Waals surface area contributed by atoms with Gasteiger partial charge in [0.1, 0.15) is 12.4 Å². The lowest BCUT2D eigenvalue weighted by Crippen LogP contribution is -2.16. The molecule has 0 saturated carbocycles. The van der Waals surface area contributed by atoms with E-state index in [9.17, 15) is 9.90 Å². The average Bonchev–Trinajstić information content (AvgIpc) is 2.55. The largest absolute Gasteiger partial charge is 0.496 e. The van der Waals surface area contributed by atoms with Crippen LogP contribution in [0.15, 0.2) is 58.2 Å². The summed E-state index contributed by atoms with van der Waals surface area (Å²) in [6, 6.07) is 14.8. The lowest BCUT2D eigenvalue weighted by atomic mass is 10.1. The summed E-state index contributed by atoms with van der Waals surface area (Å²) in [5.74, 6) is -0.423. The number of carboxylic acids is 1. The van der Waals surface area contributed by atoms with Gasteiger partial charge in [-0.2, -0.15) is 0 Å². The van der Waals surface area contributed by atoms with Gasteiger partial charge in [0.05, 0.1) is 11.6 Å². The Hall–Kier alpha value is -2.34. The number of aliphatic carboxylic acids is 1. The highest BCUT2D eigenvalue weighted by Crippen LogP contribution is 2.25. The van der Waals surface area contributed by atoms with Gasteiger partial charge in [0.25, 0.3) is 0 Å². The van der Waals surface area contributed by atoms with Crippen molar-refractivity contribution in [3.63, 3.8) is 0 Å². The number of ether oxygens (including phenoxy) is 1. The molecule has 6 heteroatoms. The maximum Gasteiger partial charge on any atom is 0.354 e. The van der Waals surface area contributed by atoms with Crippen LogP contribution in [0.2, 0.25) is 0 Å². The summed E-state index contributed by atoms with van der Waals surface area (Å²) in [5.41, 5.74) is 1.66. The normalized spacial score (nSPS) is 11.1. The SMILES string of the molecule is COc1ccc(C/C(=N\OCc2ccccc2)C(=O)O)cc1Br. The Morgan fingerprint density at radius 2 is 1.91 bits per heavy atom. The summed E-state index contributed by atoms with van der Waals surface area (Å²) in [6.07, 6.45) is 0.159. The smallest absolute Gasteiger partial charge is 0.354 e. The third-order valence-corrected chi connectivity index (χ3v) is 3.70. The lowest BCUT2D eigenvalue weighted by molar-refractivity contribution is -0.129. The van der Waals surface area contributed by atoms with Gasteiger partial charge in [-0.15, -0.1) is 0 Å². The number of hydrogen-bond donors (Lipinski definition) is 1. The van der Waals surface area contributed by atoms with Crippen LogP contribution in [0.3, 0.4) is 0 Å². The van der Waals surface area contributed by atoms with Gasteiger partial charge in [-0.3, -0.25) is 0 Å². The topological polar surface area (TPSA) is 68.1 Å². The Labute approximate surface area is 142 Å². The fraction of sp³-hybridized carbons (Fsp3) is 0.176. The van der Waals surface area contributed by atoms with Crippen molar-refractivity contribution in [2.45, 2.75) is 13.0 Å². The Morgan fingerprint density at radius 3 is 2.52 bits per heavy atom. The van der Waals surface area contributed by atoms with Gasteiger partial charge in [0, 0.05) is 6.42 Å². The highest BCUT2D eigenvalue weighted by molar-refractivity contribution is 9.10. The Bertz CT molecular complexity index is 701. The zero-order valence-corrected chi connectivity index (χ0v) is 14.1. The van der Waals surface area contributed by atoms with Crippen LogP contribution in [0, 0.1) is 0 Å². The number of hydrogen-bond acceptors (Lipinski definition) is 4. The average molecular weight is 378 g/mol. The van der Waals surface area contributed by atoms with E-state index in [0.29, 0.717) is 5.75 Å². The number of carboxylic acid groups (broad SMARTS) is 1. The quantitative estimate of drug-likeness (QED) is 0.590. The molecule has 0 atom stereocenters. The van der Waals surface area contributed by atoms with Crippen molar-refractivity contribution < 1.29 is 19.5 Å². The maximum atomic E-state index is 11.3. The second-order valence-electron chi connectivity index (χ2n) is 4.75. The molecule has 120 valence electrons. The van der Waals surface area contributed by atoms with Crippen LogP contribution >= 0.6 is 15.9 Å². The van der Waals surface area contributed by atoms with E-state index in [4.69, 9.17) is 9.57 Å². The summed E-state index contributed by atoms with van der Waals surface area (Å²) in [5, 5.41) is 13.0. The number of halogens is 1. The molecule has 0 amide bonds. The van der Waals surface area contributed by atoms with Crippen LogP contribution in [0.5, 0.6) is 5.75 Å². The zero-order valence-electron chi connectivity index (χ0n) is 12.5. The first kappa shape index (κ1) is 17.0. The Kier molecular flexibility index (Phi) is 6.17. The van der Waals surface area contributed by atoms with E-state index in [2.05, 4.69) is 21.1 Å². The van der Waals surface area contributed by atoms with Gasteiger partial charge < -0.3 is 14.7 Å². The monoisotopic (exact) mass is 377 g/mol. The highest BCUT2D eigenvalue weighted by Gasteiger charge is 2.13. The molecule has 0 bridgehead atoms. The molecule has 2 aromatic carbocycles. The van der Waals surface area contributed by atoms with Crippen LogP contribution in [0.1, 0.15) is 11.1 Å². The molecule has 2 rings (SSSR count). The van der Waals surface area contributed by atoms with Gasteiger partial charge in [-0.05, 0) is 39.2 Å². The number of rotatable bonds is 7. The molecule has 0 heterocycles. The maximum absolute atomic E-state index is 11.3. The summed E-state index contributed by atoms with van der Waals surface area (Å²) in [6.45, 7) is 0.226. The molecule has 0 aliphatic carbocycles. The number of carbonyl (C=O) groups is 1. The number of benzene rings is 2. The molecule has 0 unspecified atom stereocenters. The number of oxime groups is 1. The molecule has 0 fully saturated rings. The van der Waals surface area contributed by atoms with Crippen LogP contribution < -0.4 is 4.74 Å². The molecule has 0 radical (unpaired) electrons. The first-order chi connectivity index (χ1) is 11.1. The van der Waals surface area contributed by atoms with E-state index >= 15 is 0 Å². The van der Waals surface area contributed by atoms with E-state index in [1.807, 2.05) is 30.3 Å². The molecular formula is C17H16BrNO4. The number of methoxy groups -OCH3 is 1. The summed E-state index contributed by atoms with van der Waals surface area (Å²) in [7, 11) is 1.57. The third-order valence-electron chi connectivity index (χ3n) is 3.08. The molecule has 0 spiro atoms. The molecule has 0 aliphatic heterocycles. The zero-order chi connectivity index (χ0) is 16.7. The van der Waals surface area contributed by atoms with Gasteiger partial charge in [-0.1, -0.05) is 41.6 Å². The second-order valence-corrected chi connectivity index (χ2v) is 5.60. The van der Waals surface area contributed by atoms with Crippen molar-refractivity contribution >= 4 is 27.6 Å². The van der Waals surface area contributed by atoms with Crippen LogP contribution in [-0.2, 0) is 22.7 Å². The first-order valence-corrected chi connectivity index (χ1v) is 7.68. The highest BCUT2D eigenvalue weighted by atomic mass is 79.9. The predicted molar refractivity (Wildman–Crippen MR) is 90.7 cm³/mol. The van der Waals surface area contributed by atoms with Crippen LogP contribution in [0.4, 0.5) is 0 Å².